The van der Waals surface area contributed by atoms with Crippen molar-refractivity contribution >= 4 is 5.91 Å². The van der Waals surface area contributed by atoms with Gasteiger partial charge in [0.1, 0.15) is 0 Å². The van der Waals surface area contributed by atoms with Gasteiger partial charge in [-0.25, -0.2) is 10.9 Å². The Balaban J connectivity index is 2.27. The molecule has 5 heteroatoms. The van der Waals surface area contributed by atoms with Gasteiger partial charge < -0.3 is 5.32 Å². The molecule has 0 atom stereocenters. The molecule has 1 aliphatic rings. The summed E-state index contributed by atoms with van der Waals surface area (Å²) in [6.07, 6.45) is 5.89. The molecule has 1 aliphatic heterocycles. The summed E-state index contributed by atoms with van der Waals surface area (Å²) in [6, 6.07) is 3.33. The molecule has 0 unspecified atom stereocenters. The van der Waals surface area contributed by atoms with Gasteiger partial charge in [-0.2, -0.15) is 0 Å². The van der Waals surface area contributed by atoms with E-state index < -0.39 is 0 Å². The minimum absolute atomic E-state index is 0.107. The van der Waals surface area contributed by atoms with Crippen LogP contribution in [0.25, 0.3) is 0 Å². The molecule has 0 aliphatic carbocycles. The fourth-order valence-electron chi connectivity index (χ4n) is 2.79. The second-order valence-electron chi connectivity index (χ2n) is 6.45. The average molecular weight is 274 g/mol. The Hall–Kier alpha value is -1.72. The van der Waals surface area contributed by atoms with Crippen LogP contribution >= 0.6 is 0 Å². The first-order valence-corrected chi connectivity index (χ1v) is 6.70. The number of rotatable bonds is 2. The fourth-order valence-corrected chi connectivity index (χ4v) is 2.79. The van der Waals surface area contributed by atoms with Crippen molar-refractivity contribution in [1.82, 2.24) is 15.3 Å². The van der Waals surface area contributed by atoms with Crippen molar-refractivity contribution in [3.05, 3.63) is 41.9 Å². The maximum atomic E-state index is 12.4. The van der Waals surface area contributed by atoms with Gasteiger partial charge in [0, 0.05) is 41.2 Å². The molecular weight excluding hydrogens is 252 g/mol. The van der Waals surface area contributed by atoms with Crippen LogP contribution in [0.4, 0.5) is 0 Å². The number of hydrogen-bond acceptors (Lipinski definition) is 4. The van der Waals surface area contributed by atoms with Crippen molar-refractivity contribution in [1.29, 1.82) is 0 Å². The number of hydrazine groups is 1. The van der Waals surface area contributed by atoms with Crippen molar-refractivity contribution in [2.75, 3.05) is 0 Å². The quantitative estimate of drug-likeness (QED) is 0.490. The lowest BCUT2D eigenvalue weighted by Crippen LogP contribution is -2.56. The van der Waals surface area contributed by atoms with Crippen LogP contribution in [0.5, 0.6) is 0 Å². The van der Waals surface area contributed by atoms with Gasteiger partial charge in [-0.05, 0) is 45.9 Å². The monoisotopic (exact) mass is 274 g/mol. The Labute approximate surface area is 119 Å². The van der Waals surface area contributed by atoms with E-state index in [1.807, 2.05) is 6.08 Å². The number of carbonyl (C=O) groups excluding carboxylic acids is 1. The third-order valence-electron chi connectivity index (χ3n) is 3.27. The number of pyridine rings is 1. The van der Waals surface area contributed by atoms with Crippen molar-refractivity contribution in [2.24, 2.45) is 5.84 Å². The SMILES string of the molecule is CC1(C)C=C(N(N)C(=O)c2ccncc2)CC(C)(C)N1. The van der Waals surface area contributed by atoms with E-state index in [-0.39, 0.29) is 17.0 Å². The number of nitrogens with one attached hydrogen (secondary N) is 1. The molecule has 0 fully saturated rings. The maximum Gasteiger partial charge on any atom is 0.272 e. The van der Waals surface area contributed by atoms with Gasteiger partial charge in [-0.15, -0.1) is 0 Å². The van der Waals surface area contributed by atoms with Crippen LogP contribution in [0.15, 0.2) is 36.3 Å². The Morgan fingerprint density at radius 1 is 1.30 bits per heavy atom. The molecule has 5 nitrogen and oxygen atoms in total. The summed E-state index contributed by atoms with van der Waals surface area (Å²) in [7, 11) is 0. The Bertz CT molecular complexity index is 534. The zero-order chi connectivity index (χ0) is 15.0. The molecule has 0 aromatic carbocycles. The van der Waals surface area contributed by atoms with E-state index >= 15 is 0 Å². The summed E-state index contributed by atoms with van der Waals surface area (Å²) < 4.78 is 0. The van der Waals surface area contributed by atoms with E-state index in [9.17, 15) is 4.79 Å². The molecule has 0 radical (unpaired) electrons. The smallest absolute Gasteiger partial charge is 0.272 e. The molecule has 1 aromatic rings. The topological polar surface area (TPSA) is 71.2 Å². The minimum atomic E-state index is -0.216. The number of amides is 1. The van der Waals surface area contributed by atoms with Crippen LogP contribution in [0.2, 0.25) is 0 Å². The Morgan fingerprint density at radius 2 is 1.90 bits per heavy atom. The first-order valence-electron chi connectivity index (χ1n) is 6.70. The van der Waals surface area contributed by atoms with Crippen LogP contribution in [0, 0.1) is 0 Å². The van der Waals surface area contributed by atoms with E-state index in [1.54, 1.807) is 24.5 Å². The highest BCUT2D eigenvalue weighted by atomic mass is 16.2. The third-order valence-corrected chi connectivity index (χ3v) is 3.27. The molecular formula is C15H22N4O. The standard InChI is InChI=1S/C15H22N4O/c1-14(2)9-12(10-15(3,4)18-14)19(16)13(20)11-5-7-17-8-6-11/h5-9,18H,10,16H2,1-4H3. The van der Waals surface area contributed by atoms with E-state index in [2.05, 4.69) is 38.0 Å². The molecule has 0 saturated carbocycles. The van der Waals surface area contributed by atoms with Crippen LogP contribution < -0.4 is 11.2 Å². The van der Waals surface area contributed by atoms with Gasteiger partial charge >= 0.3 is 0 Å². The van der Waals surface area contributed by atoms with Crippen LogP contribution in [-0.2, 0) is 0 Å². The first kappa shape index (κ1) is 14.7. The summed E-state index contributed by atoms with van der Waals surface area (Å²) in [5, 5.41) is 4.77. The summed E-state index contributed by atoms with van der Waals surface area (Å²) in [5.41, 5.74) is 1.06. The highest BCUT2D eigenvalue weighted by Gasteiger charge is 2.34. The summed E-state index contributed by atoms with van der Waals surface area (Å²) >= 11 is 0. The third kappa shape index (κ3) is 3.23. The van der Waals surface area contributed by atoms with Gasteiger partial charge in [-0.1, -0.05) is 0 Å². The predicted octanol–water partition coefficient (Wildman–Crippen LogP) is 1.83. The van der Waals surface area contributed by atoms with Crippen molar-refractivity contribution in [2.45, 2.75) is 45.2 Å². The molecule has 2 heterocycles. The van der Waals surface area contributed by atoms with Gasteiger partial charge in [0.15, 0.2) is 0 Å². The lowest BCUT2D eigenvalue weighted by Gasteiger charge is -2.42. The largest absolute Gasteiger partial charge is 0.303 e. The highest BCUT2D eigenvalue weighted by Crippen LogP contribution is 2.28. The molecule has 20 heavy (non-hydrogen) atoms. The van der Waals surface area contributed by atoms with Crippen LogP contribution in [0.1, 0.15) is 44.5 Å². The van der Waals surface area contributed by atoms with E-state index in [0.29, 0.717) is 12.0 Å². The number of carbonyl (C=O) groups is 1. The highest BCUT2D eigenvalue weighted by molar-refractivity contribution is 5.94. The van der Waals surface area contributed by atoms with E-state index in [1.165, 1.54) is 5.01 Å². The van der Waals surface area contributed by atoms with E-state index in [4.69, 9.17) is 5.84 Å². The molecule has 3 N–H and O–H groups in total. The van der Waals surface area contributed by atoms with Crippen molar-refractivity contribution in [3.8, 4) is 0 Å². The second-order valence-corrected chi connectivity index (χ2v) is 6.45. The molecule has 0 bridgehead atoms. The van der Waals surface area contributed by atoms with Crippen LogP contribution in [0.3, 0.4) is 0 Å². The summed E-state index contributed by atoms with van der Waals surface area (Å²) in [6.45, 7) is 8.34. The molecule has 0 saturated heterocycles. The van der Waals surface area contributed by atoms with Crippen molar-refractivity contribution in [3.63, 3.8) is 0 Å². The average Bonchev–Trinajstić information content (AvgIpc) is 2.34. The van der Waals surface area contributed by atoms with Gasteiger partial charge in [-0.3, -0.25) is 9.78 Å². The maximum absolute atomic E-state index is 12.4. The van der Waals surface area contributed by atoms with E-state index in [0.717, 1.165) is 5.70 Å². The number of nitrogens with two attached hydrogens (primary N) is 1. The second kappa shape index (κ2) is 5.00. The minimum Gasteiger partial charge on any atom is -0.303 e. The Morgan fingerprint density at radius 3 is 2.45 bits per heavy atom. The summed E-state index contributed by atoms with van der Waals surface area (Å²) in [4.78, 5) is 16.3. The van der Waals surface area contributed by atoms with Gasteiger partial charge in [0.05, 0.1) is 0 Å². The van der Waals surface area contributed by atoms with Gasteiger partial charge in [0.25, 0.3) is 5.91 Å². The molecule has 108 valence electrons. The normalized spacial score (nSPS) is 20.1. The molecule has 1 aromatic heterocycles. The molecule has 2 rings (SSSR count). The zero-order valence-electron chi connectivity index (χ0n) is 12.5. The van der Waals surface area contributed by atoms with Gasteiger partial charge in [0.2, 0.25) is 0 Å². The zero-order valence-corrected chi connectivity index (χ0v) is 12.5. The summed E-state index contributed by atoms with van der Waals surface area (Å²) in [5.74, 6) is 5.82. The fraction of sp³-hybridized carbons (Fsp3) is 0.467. The number of hydrogen-bond donors (Lipinski definition) is 2. The predicted molar refractivity (Wildman–Crippen MR) is 78.6 cm³/mol. The number of nitrogens with zero attached hydrogens (tertiary/aromatic N) is 2. The first-order chi connectivity index (χ1) is 9.20. The lowest BCUT2D eigenvalue weighted by molar-refractivity contribution is 0.0785. The molecule has 1 amide bonds. The lowest BCUT2D eigenvalue weighted by atomic mass is 9.86. The Kier molecular flexibility index (Phi) is 3.67. The number of aromatic nitrogens is 1. The van der Waals surface area contributed by atoms with Crippen LogP contribution in [-0.4, -0.2) is 27.0 Å². The van der Waals surface area contributed by atoms with Crippen molar-refractivity contribution < 1.29 is 4.79 Å². The molecule has 0 spiro atoms.